The van der Waals surface area contributed by atoms with Crippen molar-refractivity contribution >= 4 is 11.9 Å². The molecule has 1 heterocycles. The highest BCUT2D eigenvalue weighted by molar-refractivity contribution is 5.95. The summed E-state index contributed by atoms with van der Waals surface area (Å²) in [5, 5.41) is 20.6. The Hall–Kier alpha value is -1.98. The first kappa shape index (κ1) is 12.1. The van der Waals surface area contributed by atoms with E-state index in [0.717, 1.165) is 11.1 Å². The zero-order valence-electron chi connectivity index (χ0n) is 9.81. The molecule has 0 unspecified atom stereocenters. The predicted octanol–water partition coefficient (Wildman–Crippen LogP) is 0.433. The van der Waals surface area contributed by atoms with Gasteiger partial charge in [-0.15, -0.1) is 0 Å². The summed E-state index contributed by atoms with van der Waals surface area (Å²) in [7, 11) is 3.50. The molecule has 0 spiro atoms. The third-order valence-electron chi connectivity index (χ3n) is 2.21. The zero-order chi connectivity index (χ0) is 12.1. The minimum absolute atomic E-state index is 0.124. The largest absolute Gasteiger partial charge is 0.367 e. The van der Waals surface area contributed by atoms with E-state index in [9.17, 15) is 0 Å². The van der Waals surface area contributed by atoms with Gasteiger partial charge in [-0.25, -0.2) is 0 Å². The van der Waals surface area contributed by atoms with Crippen molar-refractivity contribution in [2.24, 2.45) is 0 Å². The number of H-pyrrole nitrogens is 1. The molecule has 5 N–H and O–H groups in total. The van der Waals surface area contributed by atoms with Crippen LogP contribution in [0.15, 0.2) is 12.4 Å². The Morgan fingerprint density at radius 3 is 2.56 bits per heavy atom. The van der Waals surface area contributed by atoms with Crippen molar-refractivity contribution in [1.29, 1.82) is 10.8 Å². The molecule has 0 radical (unpaired) electrons. The molecular weight excluding hydrogens is 204 g/mol. The fourth-order valence-corrected chi connectivity index (χ4v) is 1.12. The van der Waals surface area contributed by atoms with Gasteiger partial charge in [0.2, 0.25) is 0 Å². The first-order chi connectivity index (χ1) is 7.50. The first-order valence-corrected chi connectivity index (χ1v) is 4.98. The lowest BCUT2D eigenvalue weighted by Gasteiger charge is -2.16. The maximum atomic E-state index is 7.59. The lowest BCUT2D eigenvalue weighted by molar-refractivity contribution is 0.597. The number of nitrogens with one attached hydrogen (secondary N) is 5. The van der Waals surface area contributed by atoms with Crippen molar-refractivity contribution in [1.82, 2.24) is 20.5 Å². The Balaban J connectivity index is 2.36. The Morgan fingerprint density at radius 2 is 2.06 bits per heavy atom. The minimum Gasteiger partial charge on any atom is -0.367 e. The van der Waals surface area contributed by atoms with Crippen LogP contribution in [0.4, 0.5) is 0 Å². The summed E-state index contributed by atoms with van der Waals surface area (Å²) in [6, 6.07) is 0. The van der Waals surface area contributed by atoms with Crippen molar-refractivity contribution < 1.29 is 0 Å². The molecule has 0 fully saturated rings. The van der Waals surface area contributed by atoms with Crippen molar-refractivity contribution in [3.8, 4) is 0 Å². The summed E-state index contributed by atoms with van der Waals surface area (Å²) in [5.41, 5.74) is 2.27. The van der Waals surface area contributed by atoms with E-state index in [0.29, 0.717) is 6.54 Å². The van der Waals surface area contributed by atoms with E-state index in [1.807, 2.05) is 19.3 Å². The van der Waals surface area contributed by atoms with Crippen molar-refractivity contribution in [3.05, 3.63) is 23.5 Å². The Morgan fingerprint density at radius 1 is 1.38 bits per heavy atom. The molecule has 0 aliphatic heterocycles. The molecule has 6 heteroatoms. The number of rotatable bonds is 2. The van der Waals surface area contributed by atoms with Crippen LogP contribution in [-0.4, -0.2) is 35.9 Å². The molecule has 0 saturated heterocycles. The van der Waals surface area contributed by atoms with Gasteiger partial charge in [0.05, 0.1) is 0 Å². The third-order valence-corrected chi connectivity index (χ3v) is 2.21. The quantitative estimate of drug-likeness (QED) is 0.371. The summed E-state index contributed by atoms with van der Waals surface area (Å²) >= 11 is 0. The van der Waals surface area contributed by atoms with Gasteiger partial charge < -0.3 is 15.2 Å². The topological polar surface area (TPSA) is 90.8 Å². The summed E-state index contributed by atoms with van der Waals surface area (Å²) in [6.07, 6.45) is 3.81. The van der Waals surface area contributed by atoms with Crippen molar-refractivity contribution in [3.63, 3.8) is 0 Å². The number of nitrogens with zero attached hydrogens (tertiary/aromatic N) is 1. The number of guanidine groups is 2. The molecule has 0 bridgehead atoms. The predicted molar refractivity (Wildman–Crippen MR) is 64.6 cm³/mol. The number of aromatic amines is 1. The van der Waals surface area contributed by atoms with Crippen LogP contribution in [0.25, 0.3) is 0 Å². The third kappa shape index (κ3) is 3.30. The number of aromatic nitrogens is 1. The van der Waals surface area contributed by atoms with Crippen LogP contribution in [0.1, 0.15) is 11.1 Å². The molecule has 0 aliphatic carbocycles. The normalized spacial score (nSPS) is 9.69. The van der Waals surface area contributed by atoms with E-state index in [-0.39, 0.29) is 11.9 Å². The Kier molecular flexibility index (Phi) is 3.93. The van der Waals surface area contributed by atoms with Crippen LogP contribution < -0.4 is 10.6 Å². The lowest BCUT2D eigenvalue weighted by atomic mass is 10.2. The average Bonchev–Trinajstić information content (AvgIpc) is 2.61. The maximum absolute atomic E-state index is 7.59. The summed E-state index contributed by atoms with van der Waals surface area (Å²) in [6.45, 7) is 2.58. The Labute approximate surface area is 95.1 Å². The number of hydrogen-bond donors (Lipinski definition) is 5. The van der Waals surface area contributed by atoms with Gasteiger partial charge in [0.15, 0.2) is 11.9 Å². The average molecular weight is 222 g/mol. The van der Waals surface area contributed by atoms with Gasteiger partial charge in [-0.05, 0) is 18.1 Å². The second-order valence-electron chi connectivity index (χ2n) is 3.76. The standard InChI is InChI=1S/C10H18N6/c1-7-4-13-5-8(7)6-14-9(11)15-10(12)16(2)3/h4-5,13H,6H2,1-3H3,(H4,11,12,14,15). The van der Waals surface area contributed by atoms with Gasteiger partial charge in [-0.3, -0.25) is 16.1 Å². The van der Waals surface area contributed by atoms with E-state index in [1.54, 1.807) is 19.0 Å². The fraction of sp³-hybridized carbons (Fsp3) is 0.400. The highest BCUT2D eigenvalue weighted by Gasteiger charge is 2.03. The van der Waals surface area contributed by atoms with Gasteiger partial charge >= 0.3 is 0 Å². The summed E-state index contributed by atoms with van der Waals surface area (Å²) in [4.78, 5) is 4.59. The second kappa shape index (κ2) is 5.20. The lowest BCUT2D eigenvalue weighted by Crippen LogP contribution is -2.45. The van der Waals surface area contributed by atoms with Crippen LogP contribution in [0.5, 0.6) is 0 Å². The molecule has 0 saturated carbocycles. The number of aryl methyl sites for hydroxylation is 1. The fourth-order valence-electron chi connectivity index (χ4n) is 1.12. The van der Waals surface area contributed by atoms with Crippen molar-refractivity contribution in [2.45, 2.75) is 13.5 Å². The van der Waals surface area contributed by atoms with Crippen LogP contribution in [0.2, 0.25) is 0 Å². The molecule has 0 atom stereocenters. The molecular formula is C10H18N6. The van der Waals surface area contributed by atoms with Gasteiger partial charge in [0.25, 0.3) is 0 Å². The highest BCUT2D eigenvalue weighted by Crippen LogP contribution is 2.04. The van der Waals surface area contributed by atoms with E-state index in [4.69, 9.17) is 10.8 Å². The molecule has 16 heavy (non-hydrogen) atoms. The molecule has 1 aromatic rings. The van der Waals surface area contributed by atoms with Crippen LogP contribution in [0.3, 0.4) is 0 Å². The molecule has 6 nitrogen and oxygen atoms in total. The highest BCUT2D eigenvalue weighted by atomic mass is 15.3. The van der Waals surface area contributed by atoms with Gasteiger partial charge in [-0.1, -0.05) is 0 Å². The SMILES string of the molecule is Cc1c[nH]cc1CNC(=N)NC(=N)N(C)C. The van der Waals surface area contributed by atoms with Crippen LogP contribution in [0, 0.1) is 17.7 Å². The van der Waals surface area contributed by atoms with E-state index < -0.39 is 0 Å². The Bertz CT molecular complexity index is 378. The summed E-state index contributed by atoms with van der Waals surface area (Å²) < 4.78 is 0. The molecule has 1 rings (SSSR count). The molecule has 1 aromatic heterocycles. The zero-order valence-corrected chi connectivity index (χ0v) is 9.81. The second-order valence-corrected chi connectivity index (χ2v) is 3.76. The minimum atomic E-state index is 0.124. The smallest absolute Gasteiger partial charge is 0.197 e. The number of hydrogen-bond acceptors (Lipinski definition) is 2. The van der Waals surface area contributed by atoms with Gasteiger partial charge in [0.1, 0.15) is 0 Å². The molecule has 0 aromatic carbocycles. The molecule has 0 amide bonds. The summed E-state index contributed by atoms with van der Waals surface area (Å²) in [5.74, 6) is 0.308. The van der Waals surface area contributed by atoms with E-state index in [2.05, 4.69) is 15.6 Å². The van der Waals surface area contributed by atoms with Gasteiger partial charge in [-0.2, -0.15) is 0 Å². The maximum Gasteiger partial charge on any atom is 0.197 e. The van der Waals surface area contributed by atoms with E-state index in [1.165, 1.54) is 0 Å². The van der Waals surface area contributed by atoms with E-state index >= 15 is 0 Å². The molecule has 0 aliphatic rings. The van der Waals surface area contributed by atoms with Crippen molar-refractivity contribution in [2.75, 3.05) is 14.1 Å². The van der Waals surface area contributed by atoms with Crippen LogP contribution >= 0.6 is 0 Å². The monoisotopic (exact) mass is 222 g/mol. The molecule has 88 valence electrons. The van der Waals surface area contributed by atoms with Crippen LogP contribution in [-0.2, 0) is 6.54 Å². The first-order valence-electron chi connectivity index (χ1n) is 4.98. The van der Waals surface area contributed by atoms with Gasteiger partial charge in [0, 0.05) is 33.0 Å².